The summed E-state index contributed by atoms with van der Waals surface area (Å²) in [6.07, 6.45) is 3.00. The first-order chi connectivity index (χ1) is 29.9. The highest BCUT2D eigenvalue weighted by atomic mass is 16.7. The lowest BCUT2D eigenvalue weighted by atomic mass is 9.71. The third-order valence-electron chi connectivity index (χ3n) is 15.0. The molecule has 0 radical (unpaired) electrons. The van der Waals surface area contributed by atoms with Crippen molar-refractivity contribution in [2.45, 2.75) is 204 Å². The Morgan fingerprint density at radius 3 is 2.30 bits per heavy atom. The van der Waals surface area contributed by atoms with Gasteiger partial charge in [0.1, 0.15) is 42.0 Å². The molecule has 4 N–H and O–H groups in total. The number of carbonyl (C=O) groups is 1. The quantitative estimate of drug-likeness (QED) is 0.196. The zero-order valence-corrected chi connectivity index (χ0v) is 38.8. The third kappa shape index (κ3) is 9.98. The first-order valence-electron chi connectivity index (χ1n) is 23.3. The van der Waals surface area contributed by atoms with E-state index in [-0.39, 0.29) is 43.3 Å². The van der Waals surface area contributed by atoms with Crippen molar-refractivity contribution >= 4 is 5.97 Å². The molecule has 1 aliphatic carbocycles. The minimum absolute atomic E-state index is 0.0109. The molecule has 6 aliphatic heterocycles. The molecule has 0 amide bonds. The maximum absolute atomic E-state index is 14.4. The molecule has 0 aromatic carbocycles. The first kappa shape index (κ1) is 48.8. The van der Waals surface area contributed by atoms with E-state index in [4.69, 9.17) is 47.4 Å². The van der Waals surface area contributed by atoms with Gasteiger partial charge in [-0.05, 0) is 56.8 Å². The Kier molecular flexibility index (Phi) is 15.5. The summed E-state index contributed by atoms with van der Waals surface area (Å²) >= 11 is 0. The van der Waals surface area contributed by atoms with E-state index in [0.717, 1.165) is 12.0 Å². The lowest BCUT2D eigenvalue weighted by Gasteiger charge is -2.52. The highest BCUT2D eigenvalue weighted by molar-refractivity contribution is 5.78. The number of allylic oxidation sites excluding steroid dienone is 2. The van der Waals surface area contributed by atoms with E-state index in [2.05, 4.69) is 19.9 Å². The Labute approximate surface area is 373 Å². The fourth-order valence-corrected chi connectivity index (χ4v) is 11.0. The van der Waals surface area contributed by atoms with E-state index in [1.165, 1.54) is 0 Å². The minimum atomic E-state index is -1.87. The number of hydrogen-bond acceptors (Lipinski definition) is 15. The summed E-state index contributed by atoms with van der Waals surface area (Å²) in [4.78, 5) is 14.4. The van der Waals surface area contributed by atoms with Gasteiger partial charge >= 0.3 is 5.97 Å². The number of carbonyl (C=O) groups excluding carboxylic acids is 1. The molecule has 15 nitrogen and oxygen atoms in total. The molecule has 5 saturated heterocycles. The molecule has 6 heterocycles. The van der Waals surface area contributed by atoms with Crippen LogP contribution in [0.25, 0.3) is 0 Å². The van der Waals surface area contributed by atoms with Gasteiger partial charge in [-0.3, -0.25) is 4.79 Å². The van der Waals surface area contributed by atoms with Crippen LogP contribution in [0, 0.1) is 23.7 Å². The second-order valence-electron chi connectivity index (χ2n) is 19.5. The van der Waals surface area contributed by atoms with Crippen LogP contribution in [-0.2, 0) is 52.2 Å². The van der Waals surface area contributed by atoms with Crippen LogP contribution in [0.4, 0.5) is 0 Å². The molecule has 7 rings (SSSR count). The molecular formula is C48H74O15. The van der Waals surface area contributed by atoms with E-state index in [9.17, 15) is 25.2 Å². The number of methoxy groups -OCH3 is 2. The average Bonchev–Trinajstić information content (AvgIpc) is 3.59. The smallest absolute Gasteiger partial charge is 0.316 e. The van der Waals surface area contributed by atoms with Crippen LogP contribution >= 0.6 is 0 Å². The summed E-state index contributed by atoms with van der Waals surface area (Å²) in [6, 6.07) is 0. The van der Waals surface area contributed by atoms with Crippen LogP contribution in [0.1, 0.15) is 100 Å². The Balaban J connectivity index is 1.19. The predicted molar refractivity (Wildman–Crippen MR) is 229 cm³/mol. The average molecular weight is 891 g/mol. The highest BCUT2D eigenvalue weighted by Gasteiger charge is 2.60. The second kappa shape index (κ2) is 20.0. The lowest BCUT2D eigenvalue weighted by Crippen LogP contribution is -2.60. The van der Waals surface area contributed by atoms with Gasteiger partial charge < -0.3 is 67.8 Å². The fraction of sp³-hybridized carbons (Fsp3) is 0.812. The SMILES string of the molecule is CCC(C)[C@H]1O[C@@]2(C[C@@H]3CC(C/C=C(\C)[C@@H](OC4CC(OC)C(OC5CC(OC)C(O)C(C)O5)C(C)O4)[C@@H](C)/C=C/C=C4\CO[C@@H]5[C@H](O)C(C)=C[C@@H](C(=O)O3)[C@]45O)O2)C[C@H](O)[C@@H]1C. The molecule has 1 spiro atoms. The number of aliphatic hydroxyl groups is 4. The van der Waals surface area contributed by atoms with Crippen molar-refractivity contribution < 1.29 is 72.6 Å². The van der Waals surface area contributed by atoms with Crippen LogP contribution < -0.4 is 0 Å². The van der Waals surface area contributed by atoms with Crippen LogP contribution in [-0.4, -0.2) is 151 Å². The lowest BCUT2D eigenvalue weighted by molar-refractivity contribution is -0.354. The molecule has 10 unspecified atom stereocenters. The Hall–Kier alpha value is -2.09. The van der Waals surface area contributed by atoms with Gasteiger partial charge in [-0.25, -0.2) is 0 Å². The largest absolute Gasteiger partial charge is 0.462 e. The Morgan fingerprint density at radius 1 is 0.889 bits per heavy atom. The molecule has 2 bridgehead atoms. The summed E-state index contributed by atoms with van der Waals surface area (Å²) < 4.78 is 63.6. The molecule has 63 heavy (non-hydrogen) atoms. The van der Waals surface area contributed by atoms with Crippen LogP contribution in [0.5, 0.6) is 0 Å². The molecule has 0 aromatic rings. The standard InChI is InChI=1S/C48H74O15/c1-11-24(2)43-28(6)35(49)22-47(63-43)21-33-18-32(62-47)16-15-26(4)42(25(3)13-12-14-31-23-56-45-40(50)27(5)17-34(46(52)59-33)48(31,45)53)60-39-20-37(55-10)44(30(8)58-39)61-38-19-36(54-9)41(51)29(7)57-38/h12-15,17,24-25,28-30,32-45,49-51,53H,11,16,18-23H2,1-10H3/b13-12+,26-15+,31-14+/t24?,25-,28-,29?,30?,32?,33-,34-,35-,36?,37?,38?,39?,40+,41?,42-,43+,44?,45+,47-,48+/m0/s1. The van der Waals surface area contributed by atoms with E-state index in [0.29, 0.717) is 36.8 Å². The molecular weight excluding hydrogens is 817 g/mol. The van der Waals surface area contributed by atoms with Crippen LogP contribution in [0.2, 0.25) is 0 Å². The van der Waals surface area contributed by atoms with Crippen molar-refractivity contribution in [3.8, 4) is 0 Å². The van der Waals surface area contributed by atoms with Crippen molar-refractivity contribution in [1.29, 1.82) is 0 Å². The molecule has 7 aliphatic rings. The summed E-state index contributed by atoms with van der Waals surface area (Å²) in [6.45, 7) is 15.7. The van der Waals surface area contributed by atoms with E-state index in [1.54, 1.807) is 40.2 Å². The molecule has 356 valence electrons. The summed E-state index contributed by atoms with van der Waals surface area (Å²) in [5.41, 5.74) is 0.0234. The van der Waals surface area contributed by atoms with E-state index >= 15 is 0 Å². The first-order valence-corrected chi connectivity index (χ1v) is 23.3. The van der Waals surface area contributed by atoms with Crippen molar-refractivity contribution in [2.24, 2.45) is 23.7 Å². The molecule has 0 saturated carbocycles. The summed E-state index contributed by atoms with van der Waals surface area (Å²) in [7, 11) is 3.20. The van der Waals surface area contributed by atoms with Gasteiger partial charge in [0, 0.05) is 58.2 Å². The van der Waals surface area contributed by atoms with Gasteiger partial charge in [-0.1, -0.05) is 64.5 Å². The molecule has 5 fully saturated rings. The van der Waals surface area contributed by atoms with Crippen molar-refractivity contribution in [3.63, 3.8) is 0 Å². The van der Waals surface area contributed by atoms with Gasteiger partial charge in [0.15, 0.2) is 18.4 Å². The van der Waals surface area contributed by atoms with Gasteiger partial charge in [0.05, 0.1) is 55.4 Å². The zero-order chi connectivity index (χ0) is 45.5. The van der Waals surface area contributed by atoms with Gasteiger partial charge in [0.2, 0.25) is 0 Å². The predicted octanol–water partition coefficient (Wildman–Crippen LogP) is 4.57. The normalized spacial score (nSPS) is 50.0. The van der Waals surface area contributed by atoms with Gasteiger partial charge in [-0.15, -0.1) is 0 Å². The van der Waals surface area contributed by atoms with Gasteiger partial charge in [0.25, 0.3) is 0 Å². The van der Waals surface area contributed by atoms with Crippen molar-refractivity contribution in [1.82, 2.24) is 0 Å². The fourth-order valence-electron chi connectivity index (χ4n) is 11.0. The number of ether oxygens (including phenoxy) is 10. The summed E-state index contributed by atoms with van der Waals surface area (Å²) in [5.74, 6) is -3.19. The maximum atomic E-state index is 14.4. The summed E-state index contributed by atoms with van der Waals surface area (Å²) in [5, 5.41) is 45.7. The number of fused-ring (bicyclic) bond motifs is 2. The van der Waals surface area contributed by atoms with Crippen LogP contribution in [0.15, 0.2) is 47.1 Å². The topological polar surface area (TPSA) is 190 Å². The van der Waals surface area contributed by atoms with E-state index in [1.807, 2.05) is 39.8 Å². The Morgan fingerprint density at radius 2 is 1.59 bits per heavy atom. The maximum Gasteiger partial charge on any atom is 0.316 e. The molecule has 15 heteroatoms. The van der Waals surface area contributed by atoms with Crippen molar-refractivity contribution in [3.05, 3.63) is 47.1 Å². The zero-order valence-electron chi connectivity index (χ0n) is 38.8. The van der Waals surface area contributed by atoms with Crippen LogP contribution in [0.3, 0.4) is 0 Å². The second-order valence-corrected chi connectivity index (χ2v) is 19.5. The van der Waals surface area contributed by atoms with Gasteiger partial charge in [-0.2, -0.15) is 0 Å². The molecule has 21 atom stereocenters. The minimum Gasteiger partial charge on any atom is -0.462 e. The number of rotatable bonds is 8. The van der Waals surface area contributed by atoms with E-state index < -0.39 is 109 Å². The Bertz CT molecular complexity index is 1710. The highest BCUT2D eigenvalue weighted by Crippen LogP contribution is 2.48. The third-order valence-corrected chi connectivity index (χ3v) is 15.0. The number of esters is 1. The molecule has 0 aromatic heterocycles. The number of hydrogen-bond donors (Lipinski definition) is 4. The van der Waals surface area contributed by atoms with Crippen molar-refractivity contribution in [2.75, 3.05) is 20.8 Å². The monoisotopic (exact) mass is 891 g/mol. The number of aliphatic hydroxyl groups excluding tert-OH is 3.